The molecule has 2 N–H and O–H groups in total. The van der Waals surface area contributed by atoms with Gasteiger partial charge in [0.1, 0.15) is 6.04 Å². The average molecular weight is 282 g/mol. The van der Waals surface area contributed by atoms with Crippen LogP contribution >= 0.6 is 11.6 Å². The van der Waals surface area contributed by atoms with E-state index in [2.05, 4.69) is 15.5 Å². The number of hydrogen-bond donors (Lipinski definition) is 2. The molecule has 1 aromatic heterocycles. The van der Waals surface area contributed by atoms with Crippen LogP contribution in [0.5, 0.6) is 0 Å². The lowest BCUT2D eigenvalue weighted by Crippen LogP contribution is -2.33. The molecule has 6 nitrogen and oxygen atoms in total. The molecular weight excluding hydrogens is 270 g/mol. The smallest absolute Gasteiger partial charge is 0.320 e. The highest BCUT2D eigenvalue weighted by molar-refractivity contribution is 6.30. The third-order valence-electron chi connectivity index (χ3n) is 2.49. The molecule has 0 fully saturated rings. The third kappa shape index (κ3) is 3.52. The number of aliphatic carboxylic acids is 1. The fraction of sp³-hybridized carbons (Fsp3) is 0.250. The van der Waals surface area contributed by atoms with Crippen molar-refractivity contribution in [3.8, 4) is 11.5 Å². The van der Waals surface area contributed by atoms with Crippen molar-refractivity contribution < 1.29 is 14.3 Å². The Balaban J connectivity index is 2.03. The van der Waals surface area contributed by atoms with Gasteiger partial charge in [0, 0.05) is 10.6 Å². The second-order valence-electron chi connectivity index (χ2n) is 3.95. The van der Waals surface area contributed by atoms with E-state index in [0.29, 0.717) is 16.8 Å². The van der Waals surface area contributed by atoms with Gasteiger partial charge in [0.2, 0.25) is 11.8 Å². The van der Waals surface area contributed by atoms with Gasteiger partial charge in [0.15, 0.2) is 0 Å². The lowest BCUT2D eigenvalue weighted by Gasteiger charge is -2.05. The normalized spacial score (nSPS) is 12.3. The van der Waals surface area contributed by atoms with Gasteiger partial charge >= 0.3 is 5.97 Å². The number of hydrogen-bond acceptors (Lipinski definition) is 5. The first-order chi connectivity index (χ1) is 9.06. The van der Waals surface area contributed by atoms with Gasteiger partial charge in [-0.15, -0.1) is 10.2 Å². The lowest BCUT2D eigenvalue weighted by molar-refractivity contribution is -0.139. The topological polar surface area (TPSA) is 88.3 Å². The van der Waals surface area contributed by atoms with Crippen LogP contribution in [0.2, 0.25) is 5.02 Å². The first-order valence-corrected chi connectivity index (χ1v) is 5.98. The molecule has 1 aromatic carbocycles. The van der Waals surface area contributed by atoms with Crippen LogP contribution in [0, 0.1) is 0 Å². The number of carboxylic acid groups (broad SMARTS) is 1. The molecule has 0 saturated carbocycles. The predicted octanol–water partition coefficient (Wildman–Crippen LogP) is 1.95. The number of rotatable bonds is 5. The molecule has 7 heteroatoms. The summed E-state index contributed by atoms with van der Waals surface area (Å²) in [6, 6.07) is 6.32. The number of nitrogens with zero attached hydrogens (tertiary/aromatic N) is 2. The fourth-order valence-electron chi connectivity index (χ4n) is 1.36. The molecule has 0 radical (unpaired) electrons. The van der Waals surface area contributed by atoms with Gasteiger partial charge in [-0.2, -0.15) is 0 Å². The first-order valence-electron chi connectivity index (χ1n) is 5.61. The maximum atomic E-state index is 10.6. The Kier molecular flexibility index (Phi) is 4.13. The summed E-state index contributed by atoms with van der Waals surface area (Å²) in [7, 11) is 0. The summed E-state index contributed by atoms with van der Waals surface area (Å²) in [4.78, 5) is 10.6. The standard InChI is InChI=1S/C12H12ClN3O3/c1-7(12(17)18)14-6-10-15-16-11(19-10)8-2-4-9(13)5-3-8/h2-5,7,14H,6H2,1H3,(H,17,18). The number of halogens is 1. The Labute approximate surface area is 114 Å². The van der Waals surface area contributed by atoms with Crippen molar-refractivity contribution in [2.24, 2.45) is 0 Å². The van der Waals surface area contributed by atoms with Crippen LogP contribution in [0.3, 0.4) is 0 Å². The Morgan fingerprint density at radius 2 is 2.11 bits per heavy atom. The summed E-state index contributed by atoms with van der Waals surface area (Å²) in [5.41, 5.74) is 0.759. The maximum Gasteiger partial charge on any atom is 0.320 e. The second-order valence-corrected chi connectivity index (χ2v) is 4.39. The first kappa shape index (κ1) is 13.5. The van der Waals surface area contributed by atoms with Crippen LogP contribution < -0.4 is 5.32 Å². The quantitative estimate of drug-likeness (QED) is 0.871. The minimum absolute atomic E-state index is 0.202. The minimum Gasteiger partial charge on any atom is -0.480 e. The zero-order chi connectivity index (χ0) is 13.8. The number of nitrogens with one attached hydrogen (secondary N) is 1. The Bertz CT molecular complexity index is 568. The summed E-state index contributed by atoms with van der Waals surface area (Å²) in [5, 5.41) is 19.8. The van der Waals surface area contributed by atoms with E-state index in [9.17, 15) is 4.79 Å². The zero-order valence-electron chi connectivity index (χ0n) is 10.1. The highest BCUT2D eigenvalue weighted by Crippen LogP contribution is 2.20. The minimum atomic E-state index is -0.933. The maximum absolute atomic E-state index is 10.6. The lowest BCUT2D eigenvalue weighted by atomic mass is 10.2. The van der Waals surface area contributed by atoms with Crippen molar-refractivity contribution >= 4 is 17.6 Å². The molecule has 1 unspecified atom stereocenters. The van der Waals surface area contributed by atoms with Gasteiger partial charge in [0.05, 0.1) is 6.54 Å². The molecule has 100 valence electrons. The van der Waals surface area contributed by atoms with Crippen molar-refractivity contribution in [3.63, 3.8) is 0 Å². The molecule has 0 spiro atoms. The van der Waals surface area contributed by atoms with E-state index < -0.39 is 12.0 Å². The van der Waals surface area contributed by atoms with E-state index in [-0.39, 0.29) is 6.54 Å². The highest BCUT2D eigenvalue weighted by Gasteiger charge is 2.13. The molecule has 0 aliphatic carbocycles. The van der Waals surface area contributed by atoms with Crippen molar-refractivity contribution in [3.05, 3.63) is 35.2 Å². The molecular formula is C12H12ClN3O3. The highest BCUT2D eigenvalue weighted by atomic mass is 35.5. The summed E-state index contributed by atoms with van der Waals surface area (Å²) >= 11 is 5.79. The van der Waals surface area contributed by atoms with Crippen LogP contribution in [0.15, 0.2) is 28.7 Å². The van der Waals surface area contributed by atoms with Crippen LogP contribution in [-0.2, 0) is 11.3 Å². The van der Waals surface area contributed by atoms with Gasteiger partial charge < -0.3 is 9.52 Å². The summed E-state index contributed by atoms with van der Waals surface area (Å²) in [6.45, 7) is 1.74. The second kappa shape index (κ2) is 5.81. The Morgan fingerprint density at radius 1 is 1.42 bits per heavy atom. The van der Waals surface area contributed by atoms with Gasteiger partial charge in [-0.25, -0.2) is 0 Å². The monoisotopic (exact) mass is 281 g/mol. The molecule has 0 amide bonds. The van der Waals surface area contributed by atoms with Crippen LogP contribution in [-0.4, -0.2) is 27.3 Å². The number of benzene rings is 1. The van der Waals surface area contributed by atoms with Crippen molar-refractivity contribution in [2.75, 3.05) is 0 Å². The Morgan fingerprint density at radius 3 is 2.74 bits per heavy atom. The molecule has 1 heterocycles. The number of carboxylic acids is 1. The van der Waals surface area contributed by atoms with E-state index in [4.69, 9.17) is 21.1 Å². The molecule has 2 aromatic rings. The fourth-order valence-corrected chi connectivity index (χ4v) is 1.49. The van der Waals surface area contributed by atoms with Crippen molar-refractivity contribution in [2.45, 2.75) is 19.5 Å². The van der Waals surface area contributed by atoms with Crippen LogP contribution in [0.1, 0.15) is 12.8 Å². The van der Waals surface area contributed by atoms with Crippen molar-refractivity contribution in [1.82, 2.24) is 15.5 Å². The molecule has 0 saturated heterocycles. The molecule has 0 aliphatic heterocycles. The number of aromatic nitrogens is 2. The van der Waals surface area contributed by atoms with E-state index in [1.807, 2.05) is 0 Å². The van der Waals surface area contributed by atoms with Gasteiger partial charge in [0.25, 0.3) is 0 Å². The summed E-state index contributed by atoms with van der Waals surface area (Å²) in [5.74, 6) is -0.230. The molecule has 0 aliphatic rings. The van der Waals surface area contributed by atoms with Gasteiger partial charge in [-0.1, -0.05) is 11.6 Å². The van der Waals surface area contributed by atoms with E-state index >= 15 is 0 Å². The van der Waals surface area contributed by atoms with Crippen LogP contribution in [0.25, 0.3) is 11.5 Å². The van der Waals surface area contributed by atoms with Gasteiger partial charge in [-0.3, -0.25) is 10.1 Å². The van der Waals surface area contributed by atoms with E-state index in [0.717, 1.165) is 5.56 Å². The van der Waals surface area contributed by atoms with E-state index in [1.165, 1.54) is 0 Å². The average Bonchev–Trinajstić information content (AvgIpc) is 2.85. The number of carbonyl (C=O) groups is 1. The van der Waals surface area contributed by atoms with E-state index in [1.54, 1.807) is 31.2 Å². The summed E-state index contributed by atoms with van der Waals surface area (Å²) in [6.07, 6.45) is 0. The molecule has 2 rings (SSSR count). The van der Waals surface area contributed by atoms with Gasteiger partial charge in [-0.05, 0) is 31.2 Å². The summed E-state index contributed by atoms with van der Waals surface area (Å²) < 4.78 is 5.42. The van der Waals surface area contributed by atoms with Crippen LogP contribution in [0.4, 0.5) is 0 Å². The largest absolute Gasteiger partial charge is 0.480 e. The predicted molar refractivity (Wildman–Crippen MR) is 68.7 cm³/mol. The SMILES string of the molecule is CC(NCc1nnc(-c2ccc(Cl)cc2)o1)C(=O)O. The molecule has 19 heavy (non-hydrogen) atoms. The molecule has 0 bridgehead atoms. The van der Waals surface area contributed by atoms with Crippen molar-refractivity contribution in [1.29, 1.82) is 0 Å². The zero-order valence-corrected chi connectivity index (χ0v) is 10.9. The Hall–Kier alpha value is -1.92. The molecule has 1 atom stereocenters. The third-order valence-corrected chi connectivity index (χ3v) is 2.74.